The van der Waals surface area contributed by atoms with Crippen LogP contribution in [-0.4, -0.2) is 70.2 Å². The van der Waals surface area contributed by atoms with Crippen LogP contribution in [0.1, 0.15) is 64.2 Å². The minimum absolute atomic E-state index is 0.194. The summed E-state index contributed by atoms with van der Waals surface area (Å²) >= 11 is 0. The van der Waals surface area contributed by atoms with E-state index in [1.165, 1.54) is 0 Å². The molecular weight excluding hydrogens is 1150 g/mol. The third-order valence-electron chi connectivity index (χ3n) is 15.8. The molecule has 0 amide bonds. The number of aromatic nitrogens is 8. The molecule has 0 fully saturated rings. The van der Waals surface area contributed by atoms with Crippen LogP contribution in [0.3, 0.4) is 0 Å². The van der Waals surface area contributed by atoms with E-state index < -0.39 is 23.9 Å². The molecule has 16 nitrogen and oxygen atoms in total. The van der Waals surface area contributed by atoms with Crippen molar-refractivity contribution in [1.29, 1.82) is 0 Å². The summed E-state index contributed by atoms with van der Waals surface area (Å²) in [7, 11) is 0. The zero-order valence-corrected chi connectivity index (χ0v) is 50.0. The van der Waals surface area contributed by atoms with Gasteiger partial charge in [-0.1, -0.05) is 72.8 Å². The lowest BCUT2D eigenvalue weighted by Gasteiger charge is -2.09. The Morgan fingerprint density at radius 3 is 0.696 bits per heavy atom. The molecule has 0 unspecified atom stereocenters. The van der Waals surface area contributed by atoms with Gasteiger partial charge in [-0.2, -0.15) is 0 Å². The summed E-state index contributed by atoms with van der Waals surface area (Å²) in [6.45, 7) is 2.80. The van der Waals surface area contributed by atoms with Gasteiger partial charge in [-0.3, -0.25) is 0 Å². The second-order valence-corrected chi connectivity index (χ2v) is 21.8. The highest BCUT2D eigenvalue weighted by atomic mass is 16.5. The van der Waals surface area contributed by atoms with E-state index in [-0.39, 0.29) is 26.4 Å². The Morgan fingerprint density at radius 2 is 0.489 bits per heavy atom. The van der Waals surface area contributed by atoms with Crippen molar-refractivity contribution in [2.75, 3.05) is 26.4 Å². The summed E-state index contributed by atoms with van der Waals surface area (Å²) in [4.78, 5) is 72.5. The molecule has 0 aliphatic carbocycles. The summed E-state index contributed by atoms with van der Waals surface area (Å²) < 4.78 is 30.7. The van der Waals surface area contributed by atoms with Gasteiger partial charge in [0.2, 0.25) is 0 Å². The van der Waals surface area contributed by atoms with Crippen LogP contribution in [0.4, 0.5) is 0 Å². The molecule has 7 aromatic heterocycles. The molecule has 450 valence electrons. The summed E-state index contributed by atoms with van der Waals surface area (Å²) in [6, 6.07) is 60.4. The smallest absolute Gasteiger partial charge is 0.338 e. The van der Waals surface area contributed by atoms with Gasteiger partial charge < -0.3 is 28.9 Å². The Kier molecular flexibility index (Phi) is 17.7. The fourth-order valence-electron chi connectivity index (χ4n) is 11.2. The van der Waals surface area contributed by atoms with E-state index in [0.717, 1.165) is 66.6 Å². The number of fused-ring (bicyclic) bond motifs is 8. The normalized spacial score (nSPS) is 11.5. The number of benzene rings is 4. The van der Waals surface area contributed by atoms with Crippen LogP contribution in [-0.2, 0) is 45.1 Å². The van der Waals surface area contributed by atoms with Crippen LogP contribution in [0.25, 0.3) is 90.9 Å². The summed E-state index contributed by atoms with van der Waals surface area (Å²) in [5.41, 5.74) is 13.0. The Labute approximate surface area is 529 Å². The summed E-state index contributed by atoms with van der Waals surface area (Å²) in [5, 5.41) is 0. The summed E-state index contributed by atoms with van der Waals surface area (Å²) in [5.74, 6) is -1.78. The molecule has 9 heterocycles. The quantitative estimate of drug-likeness (QED) is 0.0424. The van der Waals surface area contributed by atoms with E-state index in [0.29, 0.717) is 71.2 Å². The maximum absolute atomic E-state index is 13.5. The first kappa shape index (κ1) is 59.0. The number of H-pyrrole nitrogens is 2. The Bertz CT molecular complexity index is 4130. The number of nitrogens with zero attached hydrogens (tertiary/aromatic N) is 6. The van der Waals surface area contributed by atoms with Gasteiger partial charge in [0.15, 0.2) is 102 Å². The lowest BCUT2D eigenvalue weighted by atomic mass is 10.0. The molecular formula is C76H62N8O8+4. The van der Waals surface area contributed by atoms with Gasteiger partial charge in [0.05, 0.1) is 45.0 Å². The Balaban J connectivity index is 0.943. The predicted molar refractivity (Wildman–Crippen MR) is 348 cm³/mol. The zero-order valence-electron chi connectivity index (χ0n) is 50.0. The van der Waals surface area contributed by atoms with Gasteiger partial charge in [0, 0.05) is 92.9 Å². The SMILES string of the molecule is O=C(OCC[n+]1ccccc1)c1ccc(-c2c3nc(c(-c4ccc(C(=O)OCC[n+]5ccccc5)cc4)c4ccc([nH]4)c(-c4ccc(C(=O)OCC[n+]5ccccc5)cc4)c4nc(c(-c5ccc(C(=O)OCC[n+]6ccccc6)cc5)c5ccc2[nH]5)C=C4)C=C3)cc1. The maximum Gasteiger partial charge on any atom is 0.338 e. The maximum atomic E-state index is 13.5. The topological polar surface area (TPSA) is 178 Å². The number of hydrogen-bond acceptors (Lipinski definition) is 10. The molecule has 2 N–H and O–H groups in total. The fourth-order valence-corrected chi connectivity index (χ4v) is 11.2. The standard InChI is InChI=1S/C76H61N8O8/c85-73(89-49-45-81-37-5-1-6-38-81)57-21-13-53(14-22-57)69-61-29-31-63(77-61)70(54-15-23-58(24-16-54)74(86)90-50-46-82-39-7-2-8-40-82)65-33-35-67(79-65)72(56-19-27-60(28-20-56)76(88)92-52-48-84-43-11-4-12-44-84)68-36-34-66(80-68)71(64-32-30-62(69)78-64)55-17-25-59(26-18-55)75(87)91-51-47-83-41-9-3-10-42-83/h1-44H,45-52H2,(H-,77,78,79,80,85,86,87,88)/q+3/p+1. The van der Waals surface area contributed by atoms with E-state index in [1.54, 1.807) is 48.5 Å². The molecule has 0 atom stereocenters. The average molecular weight is 1220 g/mol. The van der Waals surface area contributed by atoms with E-state index in [9.17, 15) is 19.2 Å². The highest BCUT2D eigenvalue weighted by Crippen LogP contribution is 2.39. The van der Waals surface area contributed by atoms with Crippen LogP contribution >= 0.6 is 0 Å². The van der Waals surface area contributed by atoms with Gasteiger partial charge in [-0.05, 0) is 119 Å². The van der Waals surface area contributed by atoms with Gasteiger partial charge in [-0.25, -0.2) is 47.4 Å². The van der Waals surface area contributed by atoms with Crippen molar-refractivity contribution in [3.8, 4) is 44.5 Å². The van der Waals surface area contributed by atoms with Crippen molar-refractivity contribution in [3.05, 3.63) is 289 Å². The van der Waals surface area contributed by atoms with Crippen LogP contribution in [0.5, 0.6) is 0 Å². The van der Waals surface area contributed by atoms with Crippen LogP contribution in [0.15, 0.2) is 244 Å². The van der Waals surface area contributed by atoms with Crippen molar-refractivity contribution in [1.82, 2.24) is 19.9 Å². The monoisotopic (exact) mass is 1210 g/mol. The molecule has 0 saturated heterocycles. The van der Waals surface area contributed by atoms with E-state index in [1.807, 2.05) is 238 Å². The summed E-state index contributed by atoms with van der Waals surface area (Å²) in [6.07, 6.45) is 23.3. The fraction of sp³-hybridized carbons (Fsp3) is 0.105. The van der Waals surface area contributed by atoms with Crippen molar-refractivity contribution < 1.29 is 56.4 Å². The predicted octanol–water partition coefficient (Wildman–Crippen LogP) is 11.9. The van der Waals surface area contributed by atoms with Crippen molar-refractivity contribution in [2.24, 2.45) is 0 Å². The second kappa shape index (κ2) is 27.6. The minimum atomic E-state index is -0.445. The molecule has 0 spiro atoms. The molecule has 2 aliphatic rings. The van der Waals surface area contributed by atoms with Crippen molar-refractivity contribution in [2.45, 2.75) is 26.2 Å². The second-order valence-electron chi connectivity index (χ2n) is 21.8. The van der Waals surface area contributed by atoms with E-state index in [4.69, 9.17) is 28.9 Å². The van der Waals surface area contributed by atoms with Crippen LogP contribution in [0.2, 0.25) is 0 Å². The van der Waals surface area contributed by atoms with E-state index in [2.05, 4.69) is 9.97 Å². The number of ether oxygens (including phenoxy) is 4. The number of hydrogen-bond donors (Lipinski definition) is 2. The minimum Gasteiger partial charge on any atom is -0.455 e. The number of nitrogens with one attached hydrogen (secondary N) is 2. The van der Waals surface area contributed by atoms with Gasteiger partial charge in [0.25, 0.3) is 0 Å². The Morgan fingerprint density at radius 1 is 0.283 bits per heavy atom. The largest absolute Gasteiger partial charge is 0.455 e. The number of aromatic amines is 2. The molecule has 0 saturated carbocycles. The van der Waals surface area contributed by atoms with E-state index >= 15 is 0 Å². The number of pyridine rings is 4. The molecule has 16 heteroatoms. The molecule has 11 aromatic rings. The first-order valence-corrected chi connectivity index (χ1v) is 30.3. The van der Waals surface area contributed by atoms with Gasteiger partial charge in [-0.15, -0.1) is 0 Å². The molecule has 2 aliphatic heterocycles. The molecule has 0 radical (unpaired) electrons. The number of carbonyl (C=O) groups excluding carboxylic acids is 4. The lowest BCUT2D eigenvalue weighted by Crippen LogP contribution is -2.35. The number of carbonyl (C=O) groups is 4. The molecule has 92 heavy (non-hydrogen) atoms. The third-order valence-corrected chi connectivity index (χ3v) is 15.8. The van der Waals surface area contributed by atoms with Crippen molar-refractivity contribution in [3.63, 3.8) is 0 Å². The molecule has 13 rings (SSSR count). The molecule has 4 aromatic carbocycles. The van der Waals surface area contributed by atoms with Gasteiger partial charge in [0.1, 0.15) is 0 Å². The highest BCUT2D eigenvalue weighted by molar-refractivity contribution is 6.01. The lowest BCUT2D eigenvalue weighted by molar-refractivity contribution is -0.698. The van der Waals surface area contributed by atoms with Crippen LogP contribution in [0, 0.1) is 0 Å². The van der Waals surface area contributed by atoms with Crippen LogP contribution < -0.4 is 18.3 Å². The average Bonchev–Trinajstić information content (AvgIpc) is 1.64. The highest BCUT2D eigenvalue weighted by Gasteiger charge is 2.22. The van der Waals surface area contributed by atoms with Gasteiger partial charge >= 0.3 is 23.9 Å². The Hall–Kier alpha value is -12.0. The number of esters is 4. The first-order valence-electron chi connectivity index (χ1n) is 30.3. The third kappa shape index (κ3) is 13.6. The first-order chi connectivity index (χ1) is 45.2. The zero-order chi connectivity index (χ0) is 62.6. The molecule has 8 bridgehead atoms. The van der Waals surface area contributed by atoms with Crippen molar-refractivity contribution >= 4 is 70.2 Å². The number of rotatable bonds is 20.